The highest BCUT2D eigenvalue weighted by molar-refractivity contribution is 7.98. The molecule has 2 heterocycles. The van der Waals surface area contributed by atoms with E-state index in [1.54, 1.807) is 22.8 Å². The Morgan fingerprint density at radius 1 is 1.29 bits per heavy atom. The molecule has 0 saturated heterocycles. The van der Waals surface area contributed by atoms with E-state index in [9.17, 15) is 4.39 Å². The smallest absolute Gasteiger partial charge is 0.172 e. The lowest BCUT2D eigenvalue weighted by molar-refractivity contribution is 0.628. The van der Waals surface area contributed by atoms with Crippen molar-refractivity contribution < 1.29 is 4.39 Å². The molecule has 1 N–H and O–H groups in total. The van der Waals surface area contributed by atoms with E-state index in [0.717, 1.165) is 4.90 Å². The van der Waals surface area contributed by atoms with Crippen molar-refractivity contribution in [2.24, 2.45) is 0 Å². The van der Waals surface area contributed by atoms with Crippen LogP contribution in [0.15, 0.2) is 35.4 Å². The minimum atomic E-state index is -0.469. The summed E-state index contributed by atoms with van der Waals surface area (Å²) in [6.07, 6.45) is 3.65. The molecule has 0 atom stereocenters. The molecule has 0 unspecified atom stereocenters. The van der Waals surface area contributed by atoms with E-state index in [2.05, 4.69) is 15.4 Å². The van der Waals surface area contributed by atoms with Crippen molar-refractivity contribution in [2.45, 2.75) is 4.90 Å². The van der Waals surface area contributed by atoms with Gasteiger partial charge in [-0.05, 0) is 24.5 Å². The van der Waals surface area contributed by atoms with Crippen LogP contribution in [0.25, 0.3) is 5.65 Å². The van der Waals surface area contributed by atoms with Gasteiger partial charge in [-0.3, -0.25) is 0 Å². The molecule has 0 fully saturated rings. The molecule has 21 heavy (non-hydrogen) atoms. The summed E-state index contributed by atoms with van der Waals surface area (Å²) in [6, 6.07) is 6.01. The first-order valence-corrected chi connectivity index (χ1v) is 7.87. The fourth-order valence-electron chi connectivity index (χ4n) is 1.87. The molecule has 0 bridgehead atoms. The highest BCUT2D eigenvalue weighted by Crippen LogP contribution is 2.27. The van der Waals surface area contributed by atoms with Crippen LogP contribution in [0.2, 0.25) is 10.2 Å². The van der Waals surface area contributed by atoms with Crippen molar-refractivity contribution >= 4 is 52.1 Å². The summed E-state index contributed by atoms with van der Waals surface area (Å²) in [4.78, 5) is 5.17. The van der Waals surface area contributed by atoms with Crippen LogP contribution in [0.5, 0.6) is 0 Å². The van der Waals surface area contributed by atoms with Gasteiger partial charge >= 0.3 is 0 Å². The molecule has 2 aromatic heterocycles. The monoisotopic (exact) mass is 342 g/mol. The van der Waals surface area contributed by atoms with E-state index in [1.165, 1.54) is 23.9 Å². The Kier molecular flexibility index (Phi) is 3.93. The standard InChI is InChI=1S/C13H9Cl2FN4S/c1-21-10-6-17-20-12(5-11(15)19-13(10)20)18-7-2-3-9(16)8(14)4-7/h2-6,18H,1H3. The van der Waals surface area contributed by atoms with Crippen LogP contribution >= 0.6 is 35.0 Å². The van der Waals surface area contributed by atoms with Crippen LogP contribution in [0.3, 0.4) is 0 Å². The molecule has 3 aromatic rings. The van der Waals surface area contributed by atoms with Crippen molar-refractivity contribution in [1.29, 1.82) is 0 Å². The third kappa shape index (κ3) is 2.79. The lowest BCUT2D eigenvalue weighted by Crippen LogP contribution is -2.01. The minimum absolute atomic E-state index is 0.0432. The average molecular weight is 343 g/mol. The van der Waals surface area contributed by atoms with E-state index in [-0.39, 0.29) is 5.02 Å². The number of fused-ring (bicyclic) bond motifs is 1. The normalized spacial score (nSPS) is 11.0. The second-order valence-corrected chi connectivity index (χ2v) is 5.81. The molecular formula is C13H9Cl2FN4S. The van der Waals surface area contributed by atoms with Gasteiger partial charge in [-0.25, -0.2) is 9.37 Å². The zero-order chi connectivity index (χ0) is 15.0. The number of rotatable bonds is 3. The molecule has 0 radical (unpaired) electrons. The van der Waals surface area contributed by atoms with Gasteiger partial charge in [0.05, 0.1) is 16.1 Å². The SMILES string of the molecule is CSc1cnn2c(Nc3ccc(F)c(Cl)c3)cc(Cl)nc12. The average Bonchev–Trinajstić information content (AvgIpc) is 2.86. The zero-order valence-corrected chi connectivity index (χ0v) is 13.1. The summed E-state index contributed by atoms with van der Waals surface area (Å²) >= 11 is 13.4. The molecule has 1 aromatic carbocycles. The first-order valence-electron chi connectivity index (χ1n) is 5.89. The second kappa shape index (κ2) is 5.71. The molecule has 0 amide bonds. The predicted octanol–water partition coefficient (Wildman–Crippen LogP) is 4.64. The summed E-state index contributed by atoms with van der Waals surface area (Å²) in [7, 11) is 0. The number of anilines is 2. The van der Waals surface area contributed by atoms with Crippen LogP contribution in [-0.4, -0.2) is 20.9 Å². The highest BCUT2D eigenvalue weighted by atomic mass is 35.5. The van der Waals surface area contributed by atoms with Gasteiger partial charge in [-0.1, -0.05) is 23.2 Å². The van der Waals surface area contributed by atoms with Crippen LogP contribution in [0.1, 0.15) is 0 Å². The van der Waals surface area contributed by atoms with Crippen LogP contribution in [-0.2, 0) is 0 Å². The maximum atomic E-state index is 13.2. The van der Waals surface area contributed by atoms with Gasteiger partial charge in [-0.15, -0.1) is 11.8 Å². The maximum Gasteiger partial charge on any atom is 0.172 e. The number of halogens is 3. The number of thioether (sulfide) groups is 1. The Balaban J connectivity index is 2.07. The van der Waals surface area contributed by atoms with Gasteiger partial charge in [-0.2, -0.15) is 9.61 Å². The van der Waals surface area contributed by atoms with E-state index >= 15 is 0 Å². The number of benzene rings is 1. The quantitative estimate of drug-likeness (QED) is 0.556. The van der Waals surface area contributed by atoms with E-state index < -0.39 is 5.82 Å². The number of nitrogens with one attached hydrogen (secondary N) is 1. The molecule has 4 nitrogen and oxygen atoms in total. The third-order valence-electron chi connectivity index (χ3n) is 2.82. The highest BCUT2D eigenvalue weighted by Gasteiger charge is 2.11. The second-order valence-electron chi connectivity index (χ2n) is 4.17. The molecule has 0 saturated carbocycles. The van der Waals surface area contributed by atoms with Crippen molar-refractivity contribution in [3.63, 3.8) is 0 Å². The first-order chi connectivity index (χ1) is 10.1. The minimum Gasteiger partial charge on any atom is -0.340 e. The van der Waals surface area contributed by atoms with Crippen LogP contribution in [0, 0.1) is 5.82 Å². The van der Waals surface area contributed by atoms with E-state index in [1.807, 2.05) is 6.26 Å². The fraction of sp³-hybridized carbons (Fsp3) is 0.0769. The fourth-order valence-corrected chi connectivity index (χ4v) is 2.70. The largest absolute Gasteiger partial charge is 0.340 e. The summed E-state index contributed by atoms with van der Waals surface area (Å²) in [5.74, 6) is 0.150. The van der Waals surface area contributed by atoms with Gasteiger partial charge in [0.1, 0.15) is 16.8 Å². The molecule has 0 aliphatic heterocycles. The van der Waals surface area contributed by atoms with Gasteiger partial charge in [0.2, 0.25) is 0 Å². The number of nitrogens with zero attached hydrogens (tertiary/aromatic N) is 3. The summed E-state index contributed by atoms with van der Waals surface area (Å²) in [6.45, 7) is 0. The Morgan fingerprint density at radius 2 is 2.10 bits per heavy atom. The number of hydrogen-bond donors (Lipinski definition) is 1. The third-order valence-corrected chi connectivity index (χ3v) is 4.03. The van der Waals surface area contributed by atoms with Crippen molar-refractivity contribution in [3.05, 3.63) is 46.5 Å². The van der Waals surface area contributed by atoms with Crippen molar-refractivity contribution in [3.8, 4) is 0 Å². The number of hydrogen-bond acceptors (Lipinski definition) is 4. The molecule has 0 aliphatic rings. The Bertz CT molecular complexity index is 821. The molecule has 8 heteroatoms. The van der Waals surface area contributed by atoms with E-state index in [4.69, 9.17) is 23.2 Å². The summed E-state index contributed by atoms with van der Waals surface area (Å²) < 4.78 is 14.8. The van der Waals surface area contributed by atoms with Gasteiger partial charge in [0.15, 0.2) is 5.65 Å². The van der Waals surface area contributed by atoms with E-state index in [0.29, 0.717) is 22.3 Å². The number of aromatic nitrogens is 3. The maximum absolute atomic E-state index is 13.2. The van der Waals surface area contributed by atoms with Gasteiger partial charge < -0.3 is 5.32 Å². The van der Waals surface area contributed by atoms with Crippen molar-refractivity contribution in [1.82, 2.24) is 14.6 Å². The van der Waals surface area contributed by atoms with Crippen LogP contribution < -0.4 is 5.32 Å². The Hall–Kier alpha value is -1.50. The Morgan fingerprint density at radius 3 is 2.81 bits per heavy atom. The lowest BCUT2D eigenvalue weighted by Gasteiger charge is -2.09. The molecule has 0 aliphatic carbocycles. The predicted molar refractivity (Wildman–Crippen MR) is 84.5 cm³/mol. The van der Waals surface area contributed by atoms with Gasteiger partial charge in [0.25, 0.3) is 0 Å². The summed E-state index contributed by atoms with van der Waals surface area (Å²) in [5, 5.41) is 7.77. The molecule has 3 rings (SSSR count). The molecular weight excluding hydrogens is 334 g/mol. The summed E-state index contributed by atoms with van der Waals surface area (Å²) in [5.41, 5.74) is 1.29. The molecule has 0 spiro atoms. The topological polar surface area (TPSA) is 42.2 Å². The Labute approximate surface area is 134 Å². The zero-order valence-electron chi connectivity index (χ0n) is 10.8. The van der Waals surface area contributed by atoms with Gasteiger partial charge in [0, 0.05) is 11.8 Å². The molecule has 108 valence electrons. The van der Waals surface area contributed by atoms with Crippen molar-refractivity contribution in [2.75, 3.05) is 11.6 Å². The van der Waals surface area contributed by atoms with Crippen LogP contribution in [0.4, 0.5) is 15.9 Å². The first kappa shape index (κ1) is 14.4. The lowest BCUT2D eigenvalue weighted by atomic mass is 10.3.